The summed E-state index contributed by atoms with van der Waals surface area (Å²) in [5.41, 5.74) is 8.76. The molecule has 1 amide bonds. The molecule has 4 rings (SSSR count). The number of carbonyl (C=O) groups excluding carboxylic acids is 1. The first-order valence-electron chi connectivity index (χ1n) is 8.64. The van der Waals surface area contributed by atoms with E-state index in [1.165, 1.54) is 39.5 Å². The molecule has 0 saturated carbocycles. The highest BCUT2D eigenvalue weighted by Gasteiger charge is 2.18. The van der Waals surface area contributed by atoms with Crippen molar-refractivity contribution >= 4 is 61.6 Å². The van der Waals surface area contributed by atoms with Crippen LogP contribution in [0.5, 0.6) is 0 Å². The molecule has 8 heteroatoms. The highest BCUT2D eigenvalue weighted by molar-refractivity contribution is 8.02. The van der Waals surface area contributed by atoms with Crippen LogP contribution >= 0.6 is 23.1 Å². The summed E-state index contributed by atoms with van der Waals surface area (Å²) in [6.45, 7) is 4.88. The number of benzene rings is 2. The lowest BCUT2D eigenvalue weighted by Gasteiger charge is -2.11. The monoisotopic (exact) mass is 397 g/mol. The third-order valence-electron chi connectivity index (χ3n) is 4.43. The van der Waals surface area contributed by atoms with Crippen LogP contribution in [0.4, 0.5) is 10.8 Å². The molecule has 6 nitrogen and oxygen atoms in total. The first-order chi connectivity index (χ1) is 13.1. The number of rotatable bonds is 5. The number of anilines is 2. The van der Waals surface area contributed by atoms with Crippen molar-refractivity contribution in [1.29, 1.82) is 0 Å². The van der Waals surface area contributed by atoms with Gasteiger partial charge in [0.05, 0.1) is 5.25 Å². The van der Waals surface area contributed by atoms with Gasteiger partial charge in [-0.3, -0.25) is 4.79 Å². The Morgan fingerprint density at radius 1 is 1.22 bits per heavy atom. The van der Waals surface area contributed by atoms with E-state index in [4.69, 9.17) is 5.73 Å². The van der Waals surface area contributed by atoms with Gasteiger partial charge in [-0.2, -0.15) is 0 Å². The zero-order valence-electron chi connectivity index (χ0n) is 15.0. The van der Waals surface area contributed by atoms with Crippen LogP contribution in [0.2, 0.25) is 0 Å². The number of para-hydroxylation sites is 1. The number of fused-ring (bicyclic) bond motifs is 3. The molecule has 138 valence electrons. The Labute approximate surface area is 164 Å². The van der Waals surface area contributed by atoms with E-state index < -0.39 is 0 Å². The lowest BCUT2D eigenvalue weighted by atomic mass is 10.1. The van der Waals surface area contributed by atoms with E-state index in [1.54, 1.807) is 0 Å². The van der Waals surface area contributed by atoms with Gasteiger partial charge in [0.2, 0.25) is 11.0 Å². The summed E-state index contributed by atoms with van der Waals surface area (Å²) < 4.78 is 2.98. The molecular weight excluding hydrogens is 378 g/mol. The van der Waals surface area contributed by atoms with Gasteiger partial charge in [-0.05, 0) is 38.1 Å². The Kier molecular flexibility index (Phi) is 4.75. The predicted octanol–water partition coefficient (Wildman–Crippen LogP) is 4.37. The quantitative estimate of drug-likeness (QED) is 0.489. The molecule has 0 aliphatic carbocycles. The first kappa shape index (κ1) is 17.8. The third-order valence-corrected chi connectivity index (χ3v) is 6.36. The van der Waals surface area contributed by atoms with Crippen LogP contribution < -0.4 is 11.1 Å². The van der Waals surface area contributed by atoms with Crippen LogP contribution in [0.3, 0.4) is 0 Å². The fourth-order valence-corrected chi connectivity index (χ4v) is 4.97. The third kappa shape index (κ3) is 3.38. The van der Waals surface area contributed by atoms with E-state index in [0.717, 1.165) is 17.6 Å². The summed E-state index contributed by atoms with van der Waals surface area (Å²) in [6.07, 6.45) is 0. The Hall–Kier alpha value is -2.58. The number of thioether (sulfide) groups is 1. The number of nitrogens with zero attached hydrogens (tertiary/aromatic N) is 3. The molecule has 0 unspecified atom stereocenters. The summed E-state index contributed by atoms with van der Waals surface area (Å²) in [5.74, 6) is -0.0765. The lowest BCUT2D eigenvalue weighted by Crippen LogP contribution is -2.22. The van der Waals surface area contributed by atoms with Crippen LogP contribution in [-0.2, 0) is 11.3 Å². The SMILES string of the molecule is CCn1c2ccccc2c2cc(NC(=O)[C@H](C)Sc3nnc(N)s3)ccc21. The Bertz CT molecular complexity index is 1130. The van der Waals surface area contributed by atoms with E-state index in [-0.39, 0.29) is 11.2 Å². The summed E-state index contributed by atoms with van der Waals surface area (Å²) in [6, 6.07) is 14.4. The van der Waals surface area contributed by atoms with Gasteiger partial charge in [0.15, 0.2) is 4.34 Å². The van der Waals surface area contributed by atoms with Crippen molar-refractivity contribution < 1.29 is 4.79 Å². The number of carbonyl (C=O) groups is 1. The molecule has 2 aromatic heterocycles. The van der Waals surface area contributed by atoms with Gasteiger partial charge in [-0.1, -0.05) is 41.3 Å². The van der Waals surface area contributed by atoms with Gasteiger partial charge >= 0.3 is 0 Å². The molecule has 0 aliphatic rings. The van der Waals surface area contributed by atoms with E-state index in [9.17, 15) is 4.79 Å². The largest absolute Gasteiger partial charge is 0.374 e. The normalized spacial score (nSPS) is 12.5. The maximum Gasteiger partial charge on any atom is 0.237 e. The van der Waals surface area contributed by atoms with Gasteiger partial charge in [-0.25, -0.2) is 0 Å². The summed E-state index contributed by atoms with van der Waals surface area (Å²) in [5, 5.41) is 13.2. The molecule has 1 atom stereocenters. The fraction of sp³-hybridized carbons (Fsp3) is 0.211. The van der Waals surface area contributed by atoms with Gasteiger partial charge in [0.25, 0.3) is 0 Å². The van der Waals surface area contributed by atoms with Crippen molar-refractivity contribution in [3.8, 4) is 0 Å². The molecule has 0 fully saturated rings. The molecule has 0 radical (unpaired) electrons. The number of nitrogens with one attached hydrogen (secondary N) is 1. The molecule has 0 aliphatic heterocycles. The molecule has 3 N–H and O–H groups in total. The minimum absolute atomic E-state index is 0.0765. The van der Waals surface area contributed by atoms with Crippen LogP contribution in [0.15, 0.2) is 46.8 Å². The molecule has 2 heterocycles. The second-order valence-corrected chi connectivity index (χ2v) is 8.75. The standard InChI is InChI=1S/C19H19N5OS2/c1-3-24-15-7-5-4-6-13(15)14-10-12(8-9-16(14)24)21-17(25)11(2)26-19-23-22-18(20)27-19/h4-11H,3H2,1-2H3,(H2,20,22)(H,21,25)/t11-/m0/s1. The van der Waals surface area contributed by atoms with Crippen molar-refractivity contribution in [3.63, 3.8) is 0 Å². The van der Waals surface area contributed by atoms with Crippen LogP contribution in [0.1, 0.15) is 13.8 Å². The Morgan fingerprint density at radius 3 is 2.74 bits per heavy atom. The molecule has 0 bridgehead atoms. The average molecular weight is 398 g/mol. The maximum absolute atomic E-state index is 12.6. The van der Waals surface area contributed by atoms with Crippen molar-refractivity contribution in [2.75, 3.05) is 11.1 Å². The minimum Gasteiger partial charge on any atom is -0.374 e. The number of hydrogen-bond donors (Lipinski definition) is 2. The summed E-state index contributed by atoms with van der Waals surface area (Å²) >= 11 is 2.64. The second-order valence-electron chi connectivity index (χ2n) is 6.15. The summed E-state index contributed by atoms with van der Waals surface area (Å²) in [4.78, 5) is 12.6. The zero-order valence-corrected chi connectivity index (χ0v) is 16.6. The summed E-state index contributed by atoms with van der Waals surface area (Å²) in [7, 11) is 0. The molecule has 0 saturated heterocycles. The van der Waals surface area contributed by atoms with Crippen molar-refractivity contribution in [3.05, 3.63) is 42.5 Å². The Morgan fingerprint density at radius 2 is 2.00 bits per heavy atom. The Balaban J connectivity index is 1.60. The predicted molar refractivity (Wildman–Crippen MR) is 113 cm³/mol. The number of amides is 1. The van der Waals surface area contributed by atoms with Crippen LogP contribution in [0.25, 0.3) is 21.8 Å². The second kappa shape index (κ2) is 7.21. The molecule has 27 heavy (non-hydrogen) atoms. The maximum atomic E-state index is 12.6. The fourth-order valence-electron chi connectivity index (χ4n) is 3.19. The molecule has 0 spiro atoms. The number of nitrogens with two attached hydrogens (primary N) is 1. The average Bonchev–Trinajstić information content (AvgIpc) is 3.22. The van der Waals surface area contributed by atoms with Gasteiger partial charge in [0, 0.05) is 34.0 Å². The van der Waals surface area contributed by atoms with Gasteiger partial charge < -0.3 is 15.6 Å². The highest BCUT2D eigenvalue weighted by atomic mass is 32.2. The molecule has 4 aromatic rings. The minimum atomic E-state index is -0.301. The highest BCUT2D eigenvalue weighted by Crippen LogP contribution is 2.32. The van der Waals surface area contributed by atoms with Crippen molar-refractivity contribution in [2.24, 2.45) is 0 Å². The first-order valence-corrected chi connectivity index (χ1v) is 10.3. The van der Waals surface area contributed by atoms with Gasteiger partial charge in [0.1, 0.15) is 0 Å². The smallest absolute Gasteiger partial charge is 0.237 e. The number of hydrogen-bond acceptors (Lipinski definition) is 6. The van der Waals surface area contributed by atoms with E-state index in [0.29, 0.717) is 9.47 Å². The van der Waals surface area contributed by atoms with Crippen LogP contribution in [0, 0.1) is 0 Å². The van der Waals surface area contributed by atoms with Crippen molar-refractivity contribution in [1.82, 2.24) is 14.8 Å². The molecular formula is C19H19N5OS2. The topological polar surface area (TPSA) is 85.8 Å². The lowest BCUT2D eigenvalue weighted by molar-refractivity contribution is -0.115. The van der Waals surface area contributed by atoms with Crippen molar-refractivity contribution in [2.45, 2.75) is 30.0 Å². The molecule has 2 aromatic carbocycles. The van der Waals surface area contributed by atoms with E-state index in [1.807, 2.05) is 25.1 Å². The number of aromatic nitrogens is 3. The number of aryl methyl sites for hydroxylation is 1. The number of nitrogen functional groups attached to an aromatic ring is 1. The van der Waals surface area contributed by atoms with E-state index in [2.05, 4.69) is 51.3 Å². The zero-order chi connectivity index (χ0) is 19.0. The van der Waals surface area contributed by atoms with E-state index >= 15 is 0 Å². The van der Waals surface area contributed by atoms with Gasteiger partial charge in [-0.15, -0.1) is 10.2 Å². The van der Waals surface area contributed by atoms with Crippen LogP contribution in [-0.4, -0.2) is 25.9 Å².